The highest BCUT2D eigenvalue weighted by Crippen LogP contribution is 2.19. The highest BCUT2D eigenvalue weighted by Gasteiger charge is 2.13. The maximum Gasteiger partial charge on any atom is 0.322 e. The fourth-order valence-corrected chi connectivity index (χ4v) is 2.52. The third kappa shape index (κ3) is 4.01. The molecule has 0 aromatic carbocycles. The second-order valence-electron chi connectivity index (χ2n) is 4.59. The molecule has 21 heavy (non-hydrogen) atoms. The van der Waals surface area contributed by atoms with Gasteiger partial charge in [-0.1, -0.05) is 6.92 Å². The average molecular weight is 308 g/mol. The monoisotopic (exact) mass is 308 g/mol. The number of aryl methyl sites for hydroxylation is 1. The summed E-state index contributed by atoms with van der Waals surface area (Å²) < 4.78 is 5.15. The largest absolute Gasteiger partial charge is 0.467 e. The van der Waals surface area contributed by atoms with E-state index in [1.54, 1.807) is 18.4 Å². The van der Waals surface area contributed by atoms with Crippen LogP contribution in [0.3, 0.4) is 0 Å². The molecule has 2 rings (SSSR count). The summed E-state index contributed by atoms with van der Waals surface area (Å²) in [6.45, 7) is 5.61. The predicted molar refractivity (Wildman–Crippen MR) is 84.1 cm³/mol. The van der Waals surface area contributed by atoms with Gasteiger partial charge in [0.25, 0.3) is 0 Å². The number of hydrogen-bond acceptors (Lipinski definition) is 8. The standard InChI is InChI=1S/C13H20N6OS/c1-5-6-14-11-16-12(18-13(17-11)20-4)19(3)7-10-9(2)15-8-21-10/h8H,5-7H2,1-4H3,(H,14,16,17,18). The first-order chi connectivity index (χ1) is 10.1. The Morgan fingerprint density at radius 1 is 1.33 bits per heavy atom. The number of aromatic nitrogens is 4. The van der Waals surface area contributed by atoms with E-state index < -0.39 is 0 Å². The topological polar surface area (TPSA) is 76.1 Å². The van der Waals surface area contributed by atoms with E-state index >= 15 is 0 Å². The molecule has 0 fully saturated rings. The highest BCUT2D eigenvalue weighted by atomic mass is 32.1. The van der Waals surface area contributed by atoms with Gasteiger partial charge in [0.2, 0.25) is 11.9 Å². The number of nitrogens with one attached hydrogen (secondary N) is 1. The summed E-state index contributed by atoms with van der Waals surface area (Å²) in [5, 5.41) is 3.16. The fraction of sp³-hybridized carbons (Fsp3) is 0.538. The number of methoxy groups -OCH3 is 1. The molecule has 1 N–H and O–H groups in total. The smallest absolute Gasteiger partial charge is 0.322 e. The molecule has 0 saturated heterocycles. The molecular weight excluding hydrogens is 288 g/mol. The molecule has 0 unspecified atom stereocenters. The van der Waals surface area contributed by atoms with Gasteiger partial charge in [-0.3, -0.25) is 0 Å². The van der Waals surface area contributed by atoms with E-state index in [-0.39, 0.29) is 0 Å². The van der Waals surface area contributed by atoms with E-state index in [0.717, 1.165) is 18.7 Å². The van der Waals surface area contributed by atoms with E-state index in [2.05, 4.69) is 32.2 Å². The maximum absolute atomic E-state index is 5.15. The van der Waals surface area contributed by atoms with Crippen LogP contribution in [0, 0.1) is 6.92 Å². The second-order valence-corrected chi connectivity index (χ2v) is 5.53. The lowest BCUT2D eigenvalue weighted by atomic mass is 10.4. The number of thiazole rings is 1. The summed E-state index contributed by atoms with van der Waals surface area (Å²) in [6, 6.07) is 0.312. The maximum atomic E-state index is 5.15. The van der Waals surface area contributed by atoms with Gasteiger partial charge in [-0.05, 0) is 13.3 Å². The van der Waals surface area contributed by atoms with Crippen LogP contribution < -0.4 is 15.0 Å². The first-order valence-electron chi connectivity index (χ1n) is 6.78. The first-order valence-corrected chi connectivity index (χ1v) is 7.66. The van der Waals surface area contributed by atoms with Crippen LogP contribution in [-0.4, -0.2) is 40.6 Å². The molecule has 0 atom stereocenters. The van der Waals surface area contributed by atoms with E-state index in [0.29, 0.717) is 24.5 Å². The van der Waals surface area contributed by atoms with Gasteiger partial charge in [-0.2, -0.15) is 15.0 Å². The molecule has 0 radical (unpaired) electrons. The Bertz CT molecular complexity index is 588. The second kappa shape index (κ2) is 7.16. The molecule has 0 saturated carbocycles. The average Bonchev–Trinajstić information content (AvgIpc) is 2.90. The van der Waals surface area contributed by atoms with Crippen LogP contribution in [0.5, 0.6) is 6.01 Å². The summed E-state index contributed by atoms with van der Waals surface area (Å²) in [4.78, 5) is 20.3. The summed E-state index contributed by atoms with van der Waals surface area (Å²) >= 11 is 1.63. The Kier molecular flexibility index (Phi) is 5.26. The summed E-state index contributed by atoms with van der Waals surface area (Å²) in [5.41, 5.74) is 2.89. The van der Waals surface area contributed by atoms with Gasteiger partial charge in [0, 0.05) is 18.5 Å². The molecule has 0 aliphatic heterocycles. The first kappa shape index (κ1) is 15.4. The molecule has 114 valence electrons. The molecule has 0 aliphatic carbocycles. The van der Waals surface area contributed by atoms with Crippen molar-refractivity contribution in [3.8, 4) is 6.01 Å². The Hall–Kier alpha value is -1.96. The van der Waals surface area contributed by atoms with Crippen molar-refractivity contribution in [1.29, 1.82) is 0 Å². The molecule has 2 aromatic heterocycles. The minimum absolute atomic E-state index is 0.312. The summed E-state index contributed by atoms with van der Waals surface area (Å²) in [5.74, 6) is 1.11. The molecule has 7 nitrogen and oxygen atoms in total. The summed E-state index contributed by atoms with van der Waals surface area (Å²) in [7, 11) is 3.49. The molecular formula is C13H20N6OS. The number of anilines is 2. The van der Waals surface area contributed by atoms with Crippen LogP contribution in [0.1, 0.15) is 23.9 Å². The molecule has 0 aliphatic rings. The summed E-state index contributed by atoms with van der Waals surface area (Å²) in [6.07, 6.45) is 0.999. The van der Waals surface area contributed by atoms with Crippen LogP contribution >= 0.6 is 11.3 Å². The number of rotatable bonds is 7. The Balaban J connectivity index is 2.18. The van der Waals surface area contributed by atoms with Crippen LogP contribution in [0.2, 0.25) is 0 Å². The van der Waals surface area contributed by atoms with E-state index in [9.17, 15) is 0 Å². The van der Waals surface area contributed by atoms with E-state index in [1.807, 2.05) is 24.4 Å². The zero-order chi connectivity index (χ0) is 15.2. The Labute approximate surface area is 128 Å². The van der Waals surface area contributed by atoms with E-state index in [4.69, 9.17) is 4.74 Å². The van der Waals surface area contributed by atoms with Crippen molar-refractivity contribution in [3.05, 3.63) is 16.1 Å². The van der Waals surface area contributed by atoms with Crippen molar-refractivity contribution >= 4 is 23.2 Å². The van der Waals surface area contributed by atoms with Gasteiger partial charge in [0.05, 0.1) is 24.9 Å². The Morgan fingerprint density at radius 2 is 2.14 bits per heavy atom. The quantitative estimate of drug-likeness (QED) is 0.839. The number of hydrogen-bond donors (Lipinski definition) is 1. The number of ether oxygens (including phenoxy) is 1. The lowest BCUT2D eigenvalue weighted by molar-refractivity contribution is 0.379. The lowest BCUT2D eigenvalue weighted by Gasteiger charge is -2.17. The van der Waals surface area contributed by atoms with Crippen LogP contribution in [0.4, 0.5) is 11.9 Å². The normalized spacial score (nSPS) is 10.5. The van der Waals surface area contributed by atoms with Crippen molar-refractivity contribution in [2.75, 3.05) is 30.9 Å². The fourth-order valence-electron chi connectivity index (χ4n) is 1.69. The Morgan fingerprint density at radius 3 is 2.76 bits per heavy atom. The van der Waals surface area contributed by atoms with Crippen molar-refractivity contribution in [1.82, 2.24) is 19.9 Å². The van der Waals surface area contributed by atoms with Crippen molar-refractivity contribution in [2.45, 2.75) is 26.8 Å². The van der Waals surface area contributed by atoms with Crippen LogP contribution in [-0.2, 0) is 6.54 Å². The zero-order valence-corrected chi connectivity index (χ0v) is 13.6. The van der Waals surface area contributed by atoms with Gasteiger partial charge in [-0.15, -0.1) is 11.3 Å². The molecule has 0 bridgehead atoms. The molecule has 2 aromatic rings. The minimum Gasteiger partial charge on any atom is -0.467 e. The number of nitrogens with zero attached hydrogens (tertiary/aromatic N) is 5. The van der Waals surface area contributed by atoms with Crippen LogP contribution in [0.15, 0.2) is 5.51 Å². The zero-order valence-electron chi connectivity index (χ0n) is 12.8. The molecule has 0 spiro atoms. The third-order valence-corrected chi connectivity index (χ3v) is 3.81. The van der Waals surface area contributed by atoms with Crippen molar-refractivity contribution in [2.24, 2.45) is 0 Å². The van der Waals surface area contributed by atoms with Gasteiger partial charge >= 0.3 is 6.01 Å². The lowest BCUT2D eigenvalue weighted by Crippen LogP contribution is -2.20. The predicted octanol–water partition coefficient (Wildman–Crippen LogP) is 2.10. The van der Waals surface area contributed by atoms with Gasteiger partial charge in [-0.25, -0.2) is 4.98 Å². The molecule has 8 heteroatoms. The van der Waals surface area contributed by atoms with E-state index in [1.165, 1.54) is 4.88 Å². The van der Waals surface area contributed by atoms with Gasteiger partial charge in [0.1, 0.15) is 0 Å². The minimum atomic E-state index is 0.312. The van der Waals surface area contributed by atoms with Crippen molar-refractivity contribution < 1.29 is 4.74 Å². The van der Waals surface area contributed by atoms with Crippen LogP contribution in [0.25, 0.3) is 0 Å². The van der Waals surface area contributed by atoms with Gasteiger partial charge in [0.15, 0.2) is 0 Å². The molecule has 2 heterocycles. The van der Waals surface area contributed by atoms with Gasteiger partial charge < -0.3 is 15.0 Å². The SMILES string of the molecule is CCCNc1nc(OC)nc(N(C)Cc2scnc2C)n1. The van der Waals surface area contributed by atoms with Crippen molar-refractivity contribution in [3.63, 3.8) is 0 Å². The highest BCUT2D eigenvalue weighted by molar-refractivity contribution is 7.09. The molecule has 0 amide bonds. The third-order valence-electron chi connectivity index (χ3n) is 2.89.